The van der Waals surface area contributed by atoms with E-state index in [0.717, 1.165) is 0 Å². The number of hydrogen-bond donors (Lipinski definition) is 1. The molecule has 0 aromatic rings. The number of alkyl halides is 1. The fraction of sp³-hybridized carbons (Fsp3) is 0.714. The van der Waals surface area contributed by atoms with E-state index in [0.29, 0.717) is 12.8 Å². The summed E-state index contributed by atoms with van der Waals surface area (Å²) in [6.07, 6.45) is 0.302. The molecular formula is C7H10INO3. The van der Waals surface area contributed by atoms with Crippen molar-refractivity contribution < 1.29 is 14.3 Å². The summed E-state index contributed by atoms with van der Waals surface area (Å²) in [5, 5.41) is 2.68. The summed E-state index contributed by atoms with van der Waals surface area (Å²) in [6.45, 7) is 1.86. The van der Waals surface area contributed by atoms with E-state index >= 15 is 0 Å². The second-order valence-electron chi connectivity index (χ2n) is 2.64. The van der Waals surface area contributed by atoms with E-state index in [1.165, 1.54) is 0 Å². The van der Waals surface area contributed by atoms with Crippen molar-refractivity contribution in [3.05, 3.63) is 0 Å². The summed E-state index contributed by atoms with van der Waals surface area (Å²) in [5.41, 5.74) is 0. The molecule has 68 valence electrons. The van der Waals surface area contributed by atoms with Crippen molar-refractivity contribution in [3.8, 4) is 0 Å². The third-order valence-corrected chi connectivity index (χ3v) is 1.83. The zero-order valence-electron chi connectivity index (χ0n) is 6.67. The van der Waals surface area contributed by atoms with Crippen molar-refractivity contribution in [1.29, 1.82) is 0 Å². The van der Waals surface area contributed by atoms with Crippen molar-refractivity contribution in [2.24, 2.45) is 0 Å². The Labute approximate surface area is 84.2 Å². The van der Waals surface area contributed by atoms with Crippen LogP contribution in [0.4, 0.5) is 0 Å². The molecule has 1 fully saturated rings. The Hall–Kier alpha value is -0.330. The van der Waals surface area contributed by atoms with E-state index in [1.807, 2.05) is 6.92 Å². The lowest BCUT2D eigenvalue weighted by atomic mass is 10.2. The summed E-state index contributed by atoms with van der Waals surface area (Å²) < 4.78 is 4.83. The minimum absolute atomic E-state index is 0.0643. The number of halogens is 1. The highest BCUT2D eigenvalue weighted by Crippen LogP contribution is 2.13. The van der Waals surface area contributed by atoms with Crippen LogP contribution in [0, 0.1) is 0 Å². The van der Waals surface area contributed by atoms with Crippen molar-refractivity contribution in [2.45, 2.75) is 29.9 Å². The monoisotopic (exact) mass is 283 g/mol. The largest absolute Gasteiger partial charge is 0.452 e. The van der Waals surface area contributed by atoms with E-state index in [2.05, 4.69) is 27.9 Å². The number of hydrogen-bond acceptors (Lipinski definition) is 3. The highest BCUT2D eigenvalue weighted by molar-refractivity contribution is 14.1. The number of esters is 1. The fourth-order valence-corrected chi connectivity index (χ4v) is 1.31. The second-order valence-corrected chi connectivity index (χ2v) is 4.51. The highest BCUT2D eigenvalue weighted by Gasteiger charge is 2.29. The average molecular weight is 283 g/mol. The maximum absolute atomic E-state index is 11.2. The molecule has 1 aliphatic rings. The third kappa shape index (κ3) is 2.62. The van der Waals surface area contributed by atoms with Gasteiger partial charge in [-0.1, -0.05) is 22.6 Å². The fourth-order valence-electron chi connectivity index (χ4n) is 0.999. The molecule has 4 nitrogen and oxygen atoms in total. The van der Waals surface area contributed by atoms with Gasteiger partial charge in [0, 0.05) is 12.8 Å². The molecular weight excluding hydrogens is 273 g/mol. The molecule has 0 aromatic heterocycles. The zero-order chi connectivity index (χ0) is 9.14. The Bertz CT molecular complexity index is 205. The number of rotatable bonds is 2. The number of amides is 1. The molecule has 5 heteroatoms. The average Bonchev–Trinajstić information content (AvgIpc) is 2.34. The van der Waals surface area contributed by atoms with E-state index < -0.39 is 6.10 Å². The van der Waals surface area contributed by atoms with Gasteiger partial charge in [0.05, 0.1) is 4.05 Å². The molecule has 0 bridgehead atoms. The van der Waals surface area contributed by atoms with Crippen molar-refractivity contribution in [3.63, 3.8) is 0 Å². The Morgan fingerprint density at radius 3 is 2.92 bits per heavy atom. The molecule has 1 saturated heterocycles. The maximum atomic E-state index is 11.2. The summed E-state index contributed by atoms with van der Waals surface area (Å²) in [7, 11) is 0. The summed E-state index contributed by atoms with van der Waals surface area (Å²) in [6, 6.07) is 0. The Kier molecular flexibility index (Phi) is 3.30. The first-order valence-corrected chi connectivity index (χ1v) is 4.98. The number of nitrogens with one attached hydrogen (secondary N) is 1. The lowest BCUT2D eigenvalue weighted by molar-refractivity contribution is -0.148. The van der Waals surface area contributed by atoms with E-state index in [1.54, 1.807) is 0 Å². The molecule has 1 N–H and O–H groups in total. The van der Waals surface area contributed by atoms with Crippen LogP contribution in [0.25, 0.3) is 0 Å². The Balaban J connectivity index is 2.38. The minimum Gasteiger partial charge on any atom is -0.452 e. The number of carbonyl (C=O) groups is 2. The smallest absolute Gasteiger partial charge is 0.306 e. The van der Waals surface area contributed by atoms with E-state index in [9.17, 15) is 9.59 Å². The lowest BCUT2D eigenvalue weighted by Gasteiger charge is -2.11. The van der Waals surface area contributed by atoms with Gasteiger partial charge in [-0.2, -0.15) is 0 Å². The predicted molar refractivity (Wildman–Crippen MR) is 50.7 cm³/mol. The van der Waals surface area contributed by atoms with Gasteiger partial charge in [-0.15, -0.1) is 0 Å². The molecule has 0 aromatic carbocycles. The van der Waals surface area contributed by atoms with Crippen LogP contribution in [-0.4, -0.2) is 22.0 Å². The molecule has 1 rings (SSSR count). The molecule has 0 aliphatic carbocycles. The van der Waals surface area contributed by atoms with Crippen LogP contribution in [-0.2, 0) is 14.3 Å². The Morgan fingerprint density at radius 1 is 1.83 bits per heavy atom. The molecule has 0 spiro atoms. The van der Waals surface area contributed by atoms with Gasteiger partial charge in [-0.25, -0.2) is 0 Å². The van der Waals surface area contributed by atoms with E-state index in [4.69, 9.17) is 4.74 Å². The zero-order valence-corrected chi connectivity index (χ0v) is 8.83. The molecule has 2 atom stereocenters. The first-order valence-electron chi connectivity index (χ1n) is 3.73. The number of cyclic esters (lactones) is 1. The lowest BCUT2D eigenvalue weighted by Crippen LogP contribution is -2.37. The molecule has 1 heterocycles. The van der Waals surface area contributed by atoms with Crippen LogP contribution in [0.2, 0.25) is 0 Å². The van der Waals surface area contributed by atoms with Gasteiger partial charge in [-0.05, 0) is 6.92 Å². The third-order valence-electron chi connectivity index (χ3n) is 1.52. The minimum atomic E-state index is -0.560. The van der Waals surface area contributed by atoms with Gasteiger partial charge in [0.1, 0.15) is 0 Å². The normalized spacial score (nSPS) is 24.8. The van der Waals surface area contributed by atoms with Crippen LogP contribution in [0.1, 0.15) is 19.8 Å². The topological polar surface area (TPSA) is 55.4 Å². The van der Waals surface area contributed by atoms with Gasteiger partial charge >= 0.3 is 5.97 Å². The summed E-state index contributed by atoms with van der Waals surface area (Å²) in [4.78, 5) is 21.8. The predicted octanol–water partition coefficient (Wildman–Crippen LogP) is 0.589. The van der Waals surface area contributed by atoms with Crippen LogP contribution < -0.4 is 5.32 Å². The molecule has 1 aliphatic heterocycles. The first-order chi connectivity index (χ1) is 5.59. The molecule has 1 amide bonds. The SMILES string of the molecule is C[C@@H](I)NC(=O)C1CCC(=O)O1. The van der Waals surface area contributed by atoms with Crippen molar-refractivity contribution >= 4 is 34.5 Å². The second kappa shape index (κ2) is 4.06. The molecule has 1 unspecified atom stereocenters. The summed E-state index contributed by atoms with van der Waals surface area (Å²) in [5.74, 6) is -0.473. The van der Waals surface area contributed by atoms with Crippen molar-refractivity contribution in [1.82, 2.24) is 5.32 Å². The molecule has 0 radical (unpaired) electrons. The van der Waals surface area contributed by atoms with Gasteiger partial charge in [0.2, 0.25) is 0 Å². The molecule has 12 heavy (non-hydrogen) atoms. The van der Waals surface area contributed by atoms with Gasteiger partial charge in [-0.3, -0.25) is 9.59 Å². The van der Waals surface area contributed by atoms with Crippen molar-refractivity contribution in [2.75, 3.05) is 0 Å². The van der Waals surface area contributed by atoms with E-state index in [-0.39, 0.29) is 15.9 Å². The standard InChI is InChI=1S/C7H10INO3/c1-4(8)9-7(11)5-2-3-6(10)12-5/h4-5H,2-3H2,1H3,(H,9,11)/t4-,5?/m0/s1. The van der Waals surface area contributed by atoms with Gasteiger partial charge in [0.25, 0.3) is 5.91 Å². The molecule has 0 saturated carbocycles. The quantitative estimate of drug-likeness (QED) is 0.349. The number of carbonyl (C=O) groups excluding carboxylic acids is 2. The maximum Gasteiger partial charge on any atom is 0.306 e. The van der Waals surface area contributed by atoms with Crippen LogP contribution in [0.5, 0.6) is 0 Å². The Morgan fingerprint density at radius 2 is 2.50 bits per heavy atom. The van der Waals surface area contributed by atoms with Crippen LogP contribution in [0.3, 0.4) is 0 Å². The van der Waals surface area contributed by atoms with Gasteiger partial charge in [0.15, 0.2) is 6.10 Å². The van der Waals surface area contributed by atoms with Gasteiger partial charge < -0.3 is 10.1 Å². The van der Waals surface area contributed by atoms with Crippen LogP contribution >= 0.6 is 22.6 Å². The highest BCUT2D eigenvalue weighted by atomic mass is 127. The first kappa shape index (κ1) is 9.76. The number of ether oxygens (including phenoxy) is 1. The van der Waals surface area contributed by atoms with Crippen LogP contribution in [0.15, 0.2) is 0 Å². The summed E-state index contributed by atoms with van der Waals surface area (Å²) >= 11 is 2.08.